The molecule has 0 aromatic rings. The molecule has 1 N–H and O–H groups in total. The molecule has 1 nitrogen and oxygen atoms in total. The predicted octanol–water partition coefficient (Wildman–Crippen LogP) is 5.15. The Labute approximate surface area is 120 Å². The Morgan fingerprint density at radius 3 is 2.42 bits per heavy atom. The van der Waals surface area contributed by atoms with Crippen molar-refractivity contribution in [3.05, 3.63) is 0 Å². The van der Waals surface area contributed by atoms with Crippen molar-refractivity contribution in [3.63, 3.8) is 0 Å². The van der Waals surface area contributed by atoms with E-state index in [1.165, 1.54) is 64.2 Å². The van der Waals surface area contributed by atoms with Gasteiger partial charge in [0.05, 0.1) is 0 Å². The molecule has 0 spiro atoms. The highest BCUT2D eigenvalue weighted by molar-refractivity contribution is 4.85. The molecule has 0 aromatic heterocycles. The third-order valence-electron chi connectivity index (χ3n) is 5.84. The lowest BCUT2D eigenvalue weighted by molar-refractivity contribution is 0.228. The van der Waals surface area contributed by atoms with Crippen LogP contribution in [0.25, 0.3) is 0 Å². The molecular formula is C18H35N. The quantitative estimate of drug-likeness (QED) is 0.693. The summed E-state index contributed by atoms with van der Waals surface area (Å²) in [7, 11) is 0. The second-order valence-electron chi connectivity index (χ2n) is 7.44. The van der Waals surface area contributed by atoms with E-state index >= 15 is 0 Å². The first-order valence-corrected chi connectivity index (χ1v) is 8.96. The van der Waals surface area contributed by atoms with Crippen LogP contribution in [0.15, 0.2) is 0 Å². The zero-order valence-electron chi connectivity index (χ0n) is 13.5. The minimum Gasteiger partial charge on any atom is -0.311 e. The van der Waals surface area contributed by atoms with Crippen molar-refractivity contribution < 1.29 is 0 Å². The van der Waals surface area contributed by atoms with E-state index in [2.05, 4.69) is 26.1 Å². The lowest BCUT2D eigenvalue weighted by Crippen LogP contribution is -2.44. The van der Waals surface area contributed by atoms with Gasteiger partial charge in [0.15, 0.2) is 0 Å². The highest BCUT2D eigenvalue weighted by Gasteiger charge is 2.27. The zero-order valence-corrected chi connectivity index (χ0v) is 13.5. The minimum absolute atomic E-state index is 0.820. The number of rotatable bonds is 4. The average molecular weight is 265 g/mol. The molecule has 0 saturated heterocycles. The fourth-order valence-electron chi connectivity index (χ4n) is 4.38. The summed E-state index contributed by atoms with van der Waals surface area (Å²) >= 11 is 0. The molecule has 4 atom stereocenters. The third-order valence-corrected chi connectivity index (χ3v) is 5.84. The van der Waals surface area contributed by atoms with Gasteiger partial charge in [0.1, 0.15) is 0 Å². The molecule has 4 unspecified atom stereocenters. The van der Waals surface area contributed by atoms with Gasteiger partial charge in [-0.05, 0) is 49.9 Å². The minimum atomic E-state index is 0.820. The van der Waals surface area contributed by atoms with Gasteiger partial charge in [-0.3, -0.25) is 0 Å². The van der Waals surface area contributed by atoms with Crippen LogP contribution in [0.5, 0.6) is 0 Å². The summed E-state index contributed by atoms with van der Waals surface area (Å²) in [6, 6.07) is 1.65. The highest BCUT2D eigenvalue weighted by Crippen LogP contribution is 2.31. The van der Waals surface area contributed by atoms with Gasteiger partial charge in [-0.1, -0.05) is 52.9 Å². The maximum absolute atomic E-state index is 4.06. The van der Waals surface area contributed by atoms with Gasteiger partial charge in [-0.2, -0.15) is 0 Å². The Morgan fingerprint density at radius 2 is 1.68 bits per heavy atom. The number of nitrogens with one attached hydrogen (secondary N) is 1. The van der Waals surface area contributed by atoms with Crippen molar-refractivity contribution in [2.75, 3.05) is 0 Å². The Bertz CT molecular complexity index is 248. The van der Waals surface area contributed by atoms with Crippen LogP contribution >= 0.6 is 0 Å². The molecule has 2 rings (SSSR count). The summed E-state index contributed by atoms with van der Waals surface area (Å²) in [6.45, 7) is 7.20. The first-order chi connectivity index (χ1) is 9.20. The highest BCUT2D eigenvalue weighted by atomic mass is 15.0. The van der Waals surface area contributed by atoms with E-state index in [9.17, 15) is 0 Å². The summed E-state index contributed by atoms with van der Waals surface area (Å²) in [4.78, 5) is 0. The molecule has 0 amide bonds. The summed E-state index contributed by atoms with van der Waals surface area (Å²) in [5.41, 5.74) is 0. The SMILES string of the molecule is CCC1CCCCC1NC1CCCC(C(C)C)CC1. The van der Waals surface area contributed by atoms with Gasteiger partial charge < -0.3 is 5.32 Å². The molecule has 2 aliphatic rings. The first kappa shape index (κ1) is 15.4. The van der Waals surface area contributed by atoms with Crippen LogP contribution in [0.2, 0.25) is 0 Å². The largest absolute Gasteiger partial charge is 0.311 e. The summed E-state index contributed by atoms with van der Waals surface area (Å²) in [5.74, 6) is 2.83. The van der Waals surface area contributed by atoms with Gasteiger partial charge in [0.25, 0.3) is 0 Å². The molecule has 2 saturated carbocycles. The van der Waals surface area contributed by atoms with E-state index in [1.807, 2.05) is 0 Å². The van der Waals surface area contributed by atoms with E-state index in [0.29, 0.717) is 0 Å². The van der Waals surface area contributed by atoms with Gasteiger partial charge in [-0.25, -0.2) is 0 Å². The van der Waals surface area contributed by atoms with E-state index in [1.54, 1.807) is 0 Å². The Hall–Kier alpha value is -0.0400. The molecule has 1 heteroatoms. The molecule has 0 aromatic carbocycles. The second-order valence-corrected chi connectivity index (χ2v) is 7.44. The molecule has 0 radical (unpaired) electrons. The van der Waals surface area contributed by atoms with E-state index in [0.717, 1.165) is 29.8 Å². The summed E-state index contributed by atoms with van der Waals surface area (Å²) in [5, 5.41) is 4.06. The maximum Gasteiger partial charge on any atom is 0.00978 e. The Balaban J connectivity index is 1.81. The van der Waals surface area contributed by atoms with Gasteiger partial charge in [0.2, 0.25) is 0 Å². The molecule has 0 bridgehead atoms. The molecule has 0 heterocycles. The fraction of sp³-hybridized carbons (Fsp3) is 1.00. The van der Waals surface area contributed by atoms with Crippen LogP contribution in [0, 0.1) is 17.8 Å². The van der Waals surface area contributed by atoms with Gasteiger partial charge in [0, 0.05) is 12.1 Å². The Kier molecular flexibility index (Phi) is 6.19. The van der Waals surface area contributed by atoms with Gasteiger partial charge in [-0.15, -0.1) is 0 Å². The zero-order chi connectivity index (χ0) is 13.7. The fourth-order valence-corrected chi connectivity index (χ4v) is 4.38. The molecule has 0 aliphatic heterocycles. The van der Waals surface area contributed by atoms with Crippen molar-refractivity contribution in [2.45, 2.75) is 97.1 Å². The molecule has 2 aliphatic carbocycles. The smallest absolute Gasteiger partial charge is 0.00978 e. The maximum atomic E-state index is 4.06. The average Bonchev–Trinajstić information content (AvgIpc) is 2.65. The van der Waals surface area contributed by atoms with Crippen molar-refractivity contribution in [3.8, 4) is 0 Å². The third kappa shape index (κ3) is 4.48. The second kappa shape index (κ2) is 7.67. The van der Waals surface area contributed by atoms with E-state index in [4.69, 9.17) is 0 Å². The first-order valence-electron chi connectivity index (χ1n) is 8.96. The standard InChI is InChI=1S/C18H35N/c1-4-15-8-5-6-11-18(15)19-17-10-7-9-16(12-13-17)14(2)3/h14-19H,4-13H2,1-3H3. The normalized spacial score (nSPS) is 37.3. The van der Waals surface area contributed by atoms with Crippen molar-refractivity contribution >= 4 is 0 Å². The van der Waals surface area contributed by atoms with Crippen LogP contribution in [-0.2, 0) is 0 Å². The molecule has 2 fully saturated rings. The van der Waals surface area contributed by atoms with Crippen LogP contribution in [0.1, 0.15) is 85.0 Å². The monoisotopic (exact) mass is 265 g/mol. The van der Waals surface area contributed by atoms with Crippen LogP contribution < -0.4 is 5.32 Å². The molecule has 19 heavy (non-hydrogen) atoms. The van der Waals surface area contributed by atoms with Crippen LogP contribution in [0.4, 0.5) is 0 Å². The van der Waals surface area contributed by atoms with Gasteiger partial charge >= 0.3 is 0 Å². The van der Waals surface area contributed by atoms with Crippen LogP contribution in [-0.4, -0.2) is 12.1 Å². The van der Waals surface area contributed by atoms with Crippen molar-refractivity contribution in [2.24, 2.45) is 17.8 Å². The van der Waals surface area contributed by atoms with Crippen LogP contribution in [0.3, 0.4) is 0 Å². The van der Waals surface area contributed by atoms with Crippen molar-refractivity contribution in [1.82, 2.24) is 5.32 Å². The topological polar surface area (TPSA) is 12.0 Å². The Morgan fingerprint density at radius 1 is 0.895 bits per heavy atom. The predicted molar refractivity (Wildman–Crippen MR) is 84.4 cm³/mol. The lowest BCUT2D eigenvalue weighted by atomic mass is 9.82. The van der Waals surface area contributed by atoms with E-state index < -0.39 is 0 Å². The number of hydrogen-bond acceptors (Lipinski definition) is 1. The molecule has 112 valence electrons. The lowest BCUT2D eigenvalue weighted by Gasteiger charge is -2.34. The summed E-state index contributed by atoms with van der Waals surface area (Å²) < 4.78 is 0. The van der Waals surface area contributed by atoms with E-state index in [-0.39, 0.29) is 0 Å². The number of hydrogen-bond donors (Lipinski definition) is 1. The summed E-state index contributed by atoms with van der Waals surface area (Å²) in [6.07, 6.45) is 14.4. The molecular weight excluding hydrogens is 230 g/mol. The van der Waals surface area contributed by atoms with Crippen molar-refractivity contribution in [1.29, 1.82) is 0 Å².